The highest BCUT2D eigenvalue weighted by Gasteiger charge is 2.35. The molecule has 3 rings (SSSR count). The molecule has 1 aromatic rings. The van der Waals surface area contributed by atoms with Gasteiger partial charge in [0, 0.05) is 29.3 Å². The Morgan fingerprint density at radius 1 is 1.30 bits per heavy atom. The van der Waals surface area contributed by atoms with E-state index in [1.54, 1.807) is 0 Å². The van der Waals surface area contributed by atoms with Crippen molar-refractivity contribution in [2.75, 3.05) is 11.4 Å². The van der Waals surface area contributed by atoms with Crippen LogP contribution in [0.5, 0.6) is 0 Å². The maximum absolute atomic E-state index is 6.44. The van der Waals surface area contributed by atoms with Gasteiger partial charge in [-0.15, -0.1) is 0 Å². The highest BCUT2D eigenvalue weighted by Crippen LogP contribution is 2.39. The van der Waals surface area contributed by atoms with Crippen molar-refractivity contribution in [3.63, 3.8) is 0 Å². The van der Waals surface area contributed by atoms with Crippen LogP contribution in [-0.2, 0) is 6.42 Å². The van der Waals surface area contributed by atoms with Gasteiger partial charge in [-0.2, -0.15) is 0 Å². The van der Waals surface area contributed by atoms with E-state index in [1.165, 1.54) is 49.9 Å². The van der Waals surface area contributed by atoms with E-state index < -0.39 is 0 Å². The van der Waals surface area contributed by atoms with Gasteiger partial charge in [0.1, 0.15) is 0 Å². The fourth-order valence-corrected chi connectivity index (χ4v) is 4.21. The van der Waals surface area contributed by atoms with Crippen molar-refractivity contribution in [1.82, 2.24) is 0 Å². The van der Waals surface area contributed by atoms with Crippen LogP contribution in [-0.4, -0.2) is 18.6 Å². The first-order valence-electron chi connectivity index (χ1n) is 7.96. The van der Waals surface area contributed by atoms with E-state index in [-0.39, 0.29) is 6.04 Å². The first-order chi connectivity index (χ1) is 9.65. The molecule has 0 bridgehead atoms. The second-order valence-electron chi connectivity index (χ2n) is 6.55. The molecule has 1 saturated carbocycles. The monoisotopic (exact) mass is 292 g/mol. The van der Waals surface area contributed by atoms with Gasteiger partial charge in [-0.25, -0.2) is 0 Å². The van der Waals surface area contributed by atoms with Gasteiger partial charge in [0.25, 0.3) is 0 Å². The lowest BCUT2D eigenvalue weighted by molar-refractivity contribution is 0.342. The largest absolute Gasteiger partial charge is 0.368 e. The van der Waals surface area contributed by atoms with E-state index in [0.717, 1.165) is 23.4 Å². The lowest BCUT2D eigenvalue weighted by Gasteiger charge is -2.33. The van der Waals surface area contributed by atoms with E-state index in [0.29, 0.717) is 0 Å². The lowest BCUT2D eigenvalue weighted by atomic mass is 9.85. The molecule has 1 heterocycles. The predicted octanol–water partition coefficient (Wildman–Crippen LogP) is 4.00. The Morgan fingerprint density at radius 2 is 2.10 bits per heavy atom. The van der Waals surface area contributed by atoms with E-state index in [1.807, 2.05) is 6.92 Å². The average Bonchev–Trinajstić information content (AvgIpc) is 2.84. The van der Waals surface area contributed by atoms with Crippen LogP contribution < -0.4 is 10.6 Å². The van der Waals surface area contributed by atoms with Crippen LogP contribution in [0, 0.1) is 5.92 Å². The third-order valence-electron chi connectivity index (χ3n) is 4.92. The Morgan fingerprint density at radius 3 is 2.85 bits per heavy atom. The summed E-state index contributed by atoms with van der Waals surface area (Å²) in [5.74, 6) is 0.909. The van der Waals surface area contributed by atoms with Crippen LogP contribution in [0.3, 0.4) is 0 Å². The number of rotatable bonds is 3. The second kappa shape index (κ2) is 5.95. The van der Waals surface area contributed by atoms with Crippen LogP contribution in [0.1, 0.15) is 44.6 Å². The Labute approximate surface area is 127 Å². The fourth-order valence-electron chi connectivity index (χ4n) is 3.95. The Hall–Kier alpha value is -0.730. The van der Waals surface area contributed by atoms with Crippen molar-refractivity contribution < 1.29 is 0 Å². The molecule has 3 atom stereocenters. The third-order valence-corrected chi connectivity index (χ3v) is 5.27. The van der Waals surface area contributed by atoms with Crippen LogP contribution in [0.2, 0.25) is 5.02 Å². The highest BCUT2D eigenvalue weighted by molar-refractivity contribution is 6.31. The predicted molar refractivity (Wildman–Crippen MR) is 86.5 cm³/mol. The molecule has 0 spiro atoms. The number of halogens is 1. The lowest BCUT2D eigenvalue weighted by Crippen LogP contribution is -2.34. The number of hydrogen-bond donors (Lipinski definition) is 1. The molecule has 0 radical (unpaired) electrons. The number of nitrogens with zero attached hydrogens (tertiary/aromatic N) is 1. The molecule has 0 amide bonds. The normalized spacial score (nSPS) is 27.4. The summed E-state index contributed by atoms with van der Waals surface area (Å²) < 4.78 is 0. The minimum absolute atomic E-state index is 0.160. The molecule has 1 aromatic carbocycles. The maximum Gasteiger partial charge on any atom is 0.0459 e. The van der Waals surface area contributed by atoms with Crippen LogP contribution in [0.4, 0.5) is 5.69 Å². The van der Waals surface area contributed by atoms with Crippen molar-refractivity contribution in [3.05, 3.63) is 28.8 Å². The van der Waals surface area contributed by atoms with Crippen LogP contribution in [0.15, 0.2) is 18.2 Å². The smallest absolute Gasteiger partial charge is 0.0459 e. The molecule has 2 aliphatic rings. The molecule has 1 aliphatic carbocycles. The minimum Gasteiger partial charge on any atom is -0.368 e. The zero-order chi connectivity index (χ0) is 14.1. The number of benzene rings is 1. The van der Waals surface area contributed by atoms with E-state index in [4.69, 9.17) is 17.3 Å². The summed E-state index contributed by atoms with van der Waals surface area (Å²) in [7, 11) is 0. The van der Waals surface area contributed by atoms with Crippen molar-refractivity contribution in [2.24, 2.45) is 11.7 Å². The van der Waals surface area contributed by atoms with Crippen molar-refractivity contribution >= 4 is 17.3 Å². The zero-order valence-corrected chi connectivity index (χ0v) is 13.1. The number of fused-ring (bicyclic) bond motifs is 1. The SMILES string of the molecule is CC(N)Cc1ccc(N2CCC3CCCCC32)cc1Cl. The topological polar surface area (TPSA) is 29.3 Å². The summed E-state index contributed by atoms with van der Waals surface area (Å²) in [6.07, 6.45) is 7.77. The van der Waals surface area contributed by atoms with Gasteiger partial charge in [-0.3, -0.25) is 0 Å². The molecule has 110 valence electrons. The number of anilines is 1. The van der Waals surface area contributed by atoms with E-state index in [2.05, 4.69) is 23.1 Å². The van der Waals surface area contributed by atoms with Crippen LogP contribution >= 0.6 is 11.6 Å². The summed E-state index contributed by atoms with van der Waals surface area (Å²) in [6.45, 7) is 3.22. The molecule has 20 heavy (non-hydrogen) atoms. The molecule has 2 nitrogen and oxygen atoms in total. The Balaban J connectivity index is 1.79. The quantitative estimate of drug-likeness (QED) is 0.912. The molecular formula is C17H25ClN2. The summed E-state index contributed by atoms with van der Waals surface area (Å²) in [5, 5.41) is 0.874. The van der Waals surface area contributed by atoms with E-state index in [9.17, 15) is 0 Å². The minimum atomic E-state index is 0.160. The molecule has 0 aromatic heterocycles. The summed E-state index contributed by atoms with van der Waals surface area (Å²) in [5.41, 5.74) is 8.35. The van der Waals surface area contributed by atoms with Crippen molar-refractivity contribution in [1.29, 1.82) is 0 Å². The number of nitrogens with two attached hydrogens (primary N) is 1. The average molecular weight is 293 g/mol. The zero-order valence-electron chi connectivity index (χ0n) is 12.3. The van der Waals surface area contributed by atoms with Gasteiger partial charge in [-0.05, 0) is 56.2 Å². The number of hydrogen-bond acceptors (Lipinski definition) is 2. The highest BCUT2D eigenvalue weighted by atomic mass is 35.5. The molecule has 3 heteroatoms. The fraction of sp³-hybridized carbons (Fsp3) is 0.647. The molecule has 1 aliphatic heterocycles. The van der Waals surface area contributed by atoms with Gasteiger partial charge in [0.15, 0.2) is 0 Å². The first-order valence-corrected chi connectivity index (χ1v) is 8.33. The summed E-state index contributed by atoms with van der Waals surface area (Å²) in [4.78, 5) is 2.59. The summed E-state index contributed by atoms with van der Waals surface area (Å²) >= 11 is 6.44. The molecule has 2 N–H and O–H groups in total. The van der Waals surface area contributed by atoms with Crippen molar-refractivity contribution in [2.45, 2.75) is 57.5 Å². The van der Waals surface area contributed by atoms with E-state index >= 15 is 0 Å². The van der Waals surface area contributed by atoms with Gasteiger partial charge >= 0.3 is 0 Å². The molecule has 3 unspecified atom stereocenters. The maximum atomic E-state index is 6.44. The molecule has 2 fully saturated rings. The molecular weight excluding hydrogens is 268 g/mol. The van der Waals surface area contributed by atoms with Gasteiger partial charge in [0.05, 0.1) is 0 Å². The van der Waals surface area contributed by atoms with Gasteiger partial charge < -0.3 is 10.6 Å². The third kappa shape index (κ3) is 2.82. The molecule has 1 saturated heterocycles. The van der Waals surface area contributed by atoms with Gasteiger partial charge in [0.2, 0.25) is 0 Å². The van der Waals surface area contributed by atoms with Crippen LogP contribution in [0.25, 0.3) is 0 Å². The summed E-state index contributed by atoms with van der Waals surface area (Å²) in [6, 6.07) is 7.46. The second-order valence-corrected chi connectivity index (χ2v) is 6.96. The first kappa shape index (κ1) is 14.2. The Kier molecular flexibility index (Phi) is 4.23. The standard InChI is InChI=1S/C17H25ClN2/c1-12(19)10-14-6-7-15(11-16(14)18)20-9-8-13-4-2-3-5-17(13)20/h6-7,11-13,17H,2-5,8-10,19H2,1H3. The van der Waals surface area contributed by atoms with Gasteiger partial charge in [-0.1, -0.05) is 30.5 Å². The van der Waals surface area contributed by atoms with Crippen molar-refractivity contribution in [3.8, 4) is 0 Å². The Bertz CT molecular complexity index is 472.